The lowest BCUT2D eigenvalue weighted by Crippen LogP contribution is -2.16. The molecule has 1 aromatic carbocycles. The molecule has 4 rings (SSSR count). The SMILES string of the molecule is Cc1cc(C(=O)Nc2ccc(SC(=O)N(C)C)cc2)c2nc3n(c2n1)CCCCC3. The number of nitrogens with one attached hydrogen (secondary N) is 1. The third-order valence-electron chi connectivity index (χ3n) is 5.12. The van der Waals surface area contributed by atoms with E-state index in [1.54, 1.807) is 32.3 Å². The number of imidazole rings is 1. The van der Waals surface area contributed by atoms with Crippen molar-refractivity contribution in [3.05, 3.63) is 47.4 Å². The van der Waals surface area contributed by atoms with Crippen LogP contribution in [0.15, 0.2) is 35.2 Å². The zero-order chi connectivity index (χ0) is 21.3. The van der Waals surface area contributed by atoms with Crippen molar-refractivity contribution >= 4 is 39.8 Å². The van der Waals surface area contributed by atoms with Crippen molar-refractivity contribution in [1.29, 1.82) is 0 Å². The van der Waals surface area contributed by atoms with Crippen LogP contribution in [0.25, 0.3) is 11.2 Å². The van der Waals surface area contributed by atoms with E-state index in [-0.39, 0.29) is 11.1 Å². The third-order valence-corrected chi connectivity index (χ3v) is 6.17. The van der Waals surface area contributed by atoms with Crippen molar-refractivity contribution in [2.24, 2.45) is 0 Å². The highest BCUT2D eigenvalue weighted by molar-refractivity contribution is 8.13. The fourth-order valence-electron chi connectivity index (χ4n) is 3.59. The Bertz CT molecular complexity index is 1100. The van der Waals surface area contributed by atoms with Gasteiger partial charge in [0.1, 0.15) is 11.3 Å². The lowest BCUT2D eigenvalue weighted by atomic mass is 10.1. The van der Waals surface area contributed by atoms with E-state index >= 15 is 0 Å². The van der Waals surface area contributed by atoms with E-state index in [1.165, 1.54) is 11.3 Å². The molecule has 2 amide bonds. The summed E-state index contributed by atoms with van der Waals surface area (Å²) in [6, 6.07) is 9.06. The third kappa shape index (κ3) is 4.18. The van der Waals surface area contributed by atoms with Gasteiger partial charge in [-0.3, -0.25) is 9.59 Å². The minimum atomic E-state index is -0.205. The fourth-order valence-corrected chi connectivity index (χ4v) is 4.24. The lowest BCUT2D eigenvalue weighted by molar-refractivity contribution is 0.102. The summed E-state index contributed by atoms with van der Waals surface area (Å²) >= 11 is 1.15. The molecule has 156 valence electrons. The van der Waals surface area contributed by atoms with Gasteiger partial charge in [-0.05, 0) is 61.9 Å². The number of carbonyl (C=O) groups is 2. The summed E-state index contributed by atoms with van der Waals surface area (Å²) in [5.74, 6) is 0.810. The Morgan fingerprint density at radius 2 is 1.87 bits per heavy atom. The second-order valence-electron chi connectivity index (χ2n) is 7.71. The van der Waals surface area contributed by atoms with E-state index in [0.717, 1.165) is 59.6 Å². The Hall–Kier alpha value is -2.87. The standard InChI is InChI=1S/C22H25N5O2S/c1-14-13-17(19-20(23-14)27-12-6-4-5-7-18(27)25-19)21(28)24-15-8-10-16(11-9-15)30-22(29)26(2)3/h8-11,13H,4-7,12H2,1-3H3,(H,24,28). The monoisotopic (exact) mass is 423 g/mol. The number of thioether (sulfide) groups is 1. The number of nitrogens with zero attached hydrogens (tertiary/aromatic N) is 4. The van der Waals surface area contributed by atoms with Crippen molar-refractivity contribution in [2.45, 2.75) is 44.0 Å². The van der Waals surface area contributed by atoms with Gasteiger partial charge in [-0.25, -0.2) is 9.97 Å². The lowest BCUT2D eigenvalue weighted by Gasteiger charge is -2.10. The van der Waals surface area contributed by atoms with Crippen LogP contribution >= 0.6 is 11.8 Å². The molecule has 0 aliphatic carbocycles. The summed E-state index contributed by atoms with van der Waals surface area (Å²) in [6.07, 6.45) is 4.33. The molecule has 0 atom stereocenters. The number of hydrogen-bond acceptors (Lipinski definition) is 5. The van der Waals surface area contributed by atoms with Crippen LogP contribution in [0.3, 0.4) is 0 Å². The Balaban J connectivity index is 1.58. The molecule has 8 heteroatoms. The maximum absolute atomic E-state index is 13.1. The molecule has 3 aromatic rings. The van der Waals surface area contributed by atoms with Crippen molar-refractivity contribution < 1.29 is 9.59 Å². The number of amides is 2. The summed E-state index contributed by atoms with van der Waals surface area (Å²) < 4.78 is 2.17. The number of pyridine rings is 1. The second kappa shape index (κ2) is 8.47. The van der Waals surface area contributed by atoms with Crippen molar-refractivity contribution in [3.63, 3.8) is 0 Å². The van der Waals surface area contributed by atoms with Crippen LogP contribution in [0, 0.1) is 6.92 Å². The first kappa shape index (κ1) is 20.4. The van der Waals surface area contributed by atoms with E-state index in [9.17, 15) is 9.59 Å². The summed E-state index contributed by atoms with van der Waals surface area (Å²) in [6.45, 7) is 2.80. The van der Waals surface area contributed by atoms with E-state index in [0.29, 0.717) is 16.8 Å². The molecule has 1 aliphatic heterocycles. The Morgan fingerprint density at radius 1 is 1.10 bits per heavy atom. The topological polar surface area (TPSA) is 80.1 Å². The molecular weight excluding hydrogens is 398 g/mol. The van der Waals surface area contributed by atoms with Gasteiger partial charge in [0.25, 0.3) is 11.1 Å². The first-order chi connectivity index (χ1) is 14.4. The number of hydrogen-bond donors (Lipinski definition) is 1. The van der Waals surface area contributed by atoms with Crippen molar-refractivity contribution in [3.8, 4) is 0 Å². The number of carbonyl (C=O) groups excluding carboxylic acids is 2. The molecule has 0 saturated heterocycles. The van der Waals surface area contributed by atoms with Crippen LogP contribution in [-0.2, 0) is 13.0 Å². The molecule has 7 nitrogen and oxygen atoms in total. The molecular formula is C22H25N5O2S. The number of aromatic nitrogens is 3. The Kier molecular flexibility index (Phi) is 5.76. The number of benzene rings is 1. The van der Waals surface area contributed by atoms with Crippen LogP contribution in [0.1, 0.15) is 41.1 Å². The number of rotatable bonds is 3. The van der Waals surface area contributed by atoms with Crippen molar-refractivity contribution in [2.75, 3.05) is 19.4 Å². The second-order valence-corrected chi connectivity index (χ2v) is 8.74. The molecule has 0 radical (unpaired) electrons. The minimum absolute atomic E-state index is 0.0408. The van der Waals surface area contributed by atoms with Crippen LogP contribution in [0.2, 0.25) is 0 Å². The van der Waals surface area contributed by atoms with Gasteiger partial charge in [-0.2, -0.15) is 0 Å². The average molecular weight is 424 g/mol. The maximum atomic E-state index is 13.1. The van der Waals surface area contributed by atoms with Crippen LogP contribution < -0.4 is 5.32 Å². The van der Waals surface area contributed by atoms with Crippen LogP contribution in [0.4, 0.5) is 10.5 Å². The van der Waals surface area contributed by atoms with Gasteiger partial charge in [0.2, 0.25) is 0 Å². The van der Waals surface area contributed by atoms with E-state index < -0.39 is 0 Å². The summed E-state index contributed by atoms with van der Waals surface area (Å²) in [5.41, 5.74) is 3.47. The zero-order valence-electron chi connectivity index (χ0n) is 17.4. The molecule has 0 saturated carbocycles. The van der Waals surface area contributed by atoms with Crippen LogP contribution in [-0.4, -0.2) is 44.7 Å². The zero-order valence-corrected chi connectivity index (χ0v) is 18.3. The van der Waals surface area contributed by atoms with Crippen LogP contribution in [0.5, 0.6) is 0 Å². The predicted molar refractivity (Wildman–Crippen MR) is 119 cm³/mol. The molecule has 1 aliphatic rings. The molecule has 30 heavy (non-hydrogen) atoms. The minimum Gasteiger partial charge on any atom is -0.339 e. The molecule has 2 aromatic heterocycles. The molecule has 3 heterocycles. The number of anilines is 1. The Labute approximate surface area is 179 Å². The quantitative estimate of drug-likeness (QED) is 0.628. The fraction of sp³-hybridized carbons (Fsp3) is 0.364. The largest absolute Gasteiger partial charge is 0.339 e. The molecule has 0 unspecified atom stereocenters. The smallest absolute Gasteiger partial charge is 0.285 e. The highest BCUT2D eigenvalue weighted by Gasteiger charge is 2.21. The maximum Gasteiger partial charge on any atom is 0.285 e. The summed E-state index contributed by atoms with van der Waals surface area (Å²) in [5, 5.41) is 2.91. The normalized spacial score (nSPS) is 13.6. The molecule has 0 bridgehead atoms. The van der Waals surface area contributed by atoms with Gasteiger partial charge in [0, 0.05) is 43.3 Å². The highest BCUT2D eigenvalue weighted by Crippen LogP contribution is 2.26. The molecule has 1 N–H and O–H groups in total. The van der Waals surface area contributed by atoms with Gasteiger partial charge >= 0.3 is 0 Å². The van der Waals surface area contributed by atoms with Gasteiger partial charge in [0.05, 0.1) is 5.56 Å². The molecule has 0 fully saturated rings. The summed E-state index contributed by atoms with van der Waals surface area (Å²) in [7, 11) is 3.44. The number of aryl methyl sites for hydroxylation is 3. The first-order valence-electron chi connectivity index (χ1n) is 10.1. The van der Waals surface area contributed by atoms with E-state index in [1.807, 2.05) is 19.1 Å². The van der Waals surface area contributed by atoms with Crippen molar-refractivity contribution in [1.82, 2.24) is 19.4 Å². The van der Waals surface area contributed by atoms with Gasteiger partial charge in [0.15, 0.2) is 5.65 Å². The van der Waals surface area contributed by atoms with Gasteiger partial charge in [-0.1, -0.05) is 6.42 Å². The van der Waals surface area contributed by atoms with Gasteiger partial charge < -0.3 is 14.8 Å². The average Bonchev–Trinajstić information content (AvgIpc) is 2.90. The van der Waals surface area contributed by atoms with E-state index in [2.05, 4.69) is 14.9 Å². The first-order valence-corrected chi connectivity index (χ1v) is 10.9. The predicted octanol–water partition coefficient (Wildman–Crippen LogP) is 4.49. The molecule has 0 spiro atoms. The highest BCUT2D eigenvalue weighted by atomic mass is 32.2. The summed E-state index contributed by atoms with van der Waals surface area (Å²) in [4.78, 5) is 36.7. The number of fused-ring (bicyclic) bond motifs is 3. The van der Waals surface area contributed by atoms with E-state index in [4.69, 9.17) is 4.98 Å². The Morgan fingerprint density at radius 3 is 2.60 bits per heavy atom. The van der Waals surface area contributed by atoms with Gasteiger partial charge in [-0.15, -0.1) is 0 Å².